The fraction of sp³-hybridized carbons (Fsp3) is 0.625. The lowest BCUT2D eigenvalue weighted by molar-refractivity contribution is 0.0969. The third-order valence-electron chi connectivity index (χ3n) is 3.87. The number of rotatable bonds is 3. The van der Waals surface area contributed by atoms with Crippen LogP contribution in [0.2, 0.25) is 0 Å². The number of benzene rings is 1. The first-order chi connectivity index (χ1) is 8.95. The Morgan fingerprint density at radius 3 is 2.37 bits per heavy atom. The second-order valence-corrected chi connectivity index (χ2v) is 6.02. The summed E-state index contributed by atoms with van der Waals surface area (Å²) in [6, 6.07) is 4.70. The summed E-state index contributed by atoms with van der Waals surface area (Å²) in [7, 11) is 0. The van der Waals surface area contributed by atoms with Gasteiger partial charge in [0.2, 0.25) is 0 Å². The Balaban J connectivity index is 2.06. The van der Waals surface area contributed by atoms with Gasteiger partial charge in [0.25, 0.3) is 0 Å². The predicted octanol–water partition coefficient (Wildman–Crippen LogP) is 4.08. The van der Waals surface area contributed by atoms with Gasteiger partial charge in [-0.15, -0.1) is 0 Å². The average molecular weight is 266 g/mol. The first-order valence-electron chi connectivity index (χ1n) is 7.10. The van der Waals surface area contributed by atoms with E-state index in [9.17, 15) is 9.50 Å². The fourth-order valence-corrected chi connectivity index (χ4v) is 3.02. The third-order valence-corrected chi connectivity index (χ3v) is 3.87. The van der Waals surface area contributed by atoms with E-state index in [4.69, 9.17) is 4.74 Å². The largest absolute Gasteiger partial charge is 0.487 e. The van der Waals surface area contributed by atoms with Crippen molar-refractivity contribution in [3.8, 4) is 5.75 Å². The zero-order valence-corrected chi connectivity index (χ0v) is 11.9. The van der Waals surface area contributed by atoms with Crippen LogP contribution in [-0.2, 0) is 0 Å². The lowest BCUT2D eigenvalue weighted by atomic mass is 9.82. The van der Waals surface area contributed by atoms with Gasteiger partial charge in [-0.2, -0.15) is 0 Å². The van der Waals surface area contributed by atoms with E-state index in [2.05, 4.69) is 13.8 Å². The van der Waals surface area contributed by atoms with Crippen LogP contribution in [0.4, 0.5) is 4.39 Å². The molecule has 1 N–H and O–H groups in total. The lowest BCUT2D eigenvalue weighted by Crippen LogP contribution is -2.28. The lowest BCUT2D eigenvalue weighted by Gasteiger charge is -2.31. The highest BCUT2D eigenvalue weighted by atomic mass is 19.1. The van der Waals surface area contributed by atoms with Crippen molar-refractivity contribution >= 4 is 0 Å². The molecule has 0 amide bonds. The second-order valence-electron chi connectivity index (χ2n) is 6.02. The first-order valence-corrected chi connectivity index (χ1v) is 7.10. The number of aliphatic hydroxyl groups is 1. The topological polar surface area (TPSA) is 29.5 Å². The highest BCUT2D eigenvalue weighted by Crippen LogP contribution is 2.32. The Morgan fingerprint density at radius 2 is 1.84 bits per heavy atom. The number of hydrogen-bond acceptors (Lipinski definition) is 2. The predicted molar refractivity (Wildman–Crippen MR) is 73.6 cm³/mol. The summed E-state index contributed by atoms with van der Waals surface area (Å²) in [5.41, 5.74) is 0.579. The molecule has 0 aromatic heterocycles. The van der Waals surface area contributed by atoms with E-state index in [1.54, 1.807) is 19.1 Å². The van der Waals surface area contributed by atoms with Crippen LogP contribution in [0.25, 0.3) is 0 Å². The summed E-state index contributed by atoms with van der Waals surface area (Å²) in [6.07, 6.45) is 2.65. The summed E-state index contributed by atoms with van der Waals surface area (Å²) in [5.74, 6) is 1.18. The van der Waals surface area contributed by atoms with Crippen LogP contribution in [0.15, 0.2) is 18.2 Å². The van der Waals surface area contributed by atoms with Gasteiger partial charge in [-0.05, 0) is 55.7 Å². The van der Waals surface area contributed by atoms with Gasteiger partial charge in [-0.25, -0.2) is 4.39 Å². The first kappa shape index (κ1) is 14.3. The average Bonchev–Trinajstić information content (AvgIpc) is 2.30. The Kier molecular flexibility index (Phi) is 4.46. The molecule has 0 heterocycles. The molecule has 0 radical (unpaired) electrons. The van der Waals surface area contributed by atoms with Gasteiger partial charge < -0.3 is 9.84 Å². The number of halogens is 1. The minimum Gasteiger partial charge on any atom is -0.487 e. The van der Waals surface area contributed by atoms with Gasteiger partial charge in [0, 0.05) is 0 Å². The molecule has 1 aliphatic rings. The molecule has 19 heavy (non-hydrogen) atoms. The summed E-state index contributed by atoms with van der Waals surface area (Å²) < 4.78 is 19.7. The van der Waals surface area contributed by atoms with Crippen molar-refractivity contribution in [2.24, 2.45) is 11.8 Å². The molecule has 3 atom stereocenters. The zero-order valence-electron chi connectivity index (χ0n) is 11.9. The van der Waals surface area contributed by atoms with E-state index in [-0.39, 0.29) is 11.9 Å². The molecule has 1 aromatic rings. The van der Waals surface area contributed by atoms with E-state index in [1.807, 2.05) is 0 Å². The molecule has 0 bridgehead atoms. The molecule has 2 rings (SSSR count). The van der Waals surface area contributed by atoms with Crippen molar-refractivity contribution in [3.05, 3.63) is 29.6 Å². The Labute approximate surface area is 114 Å². The van der Waals surface area contributed by atoms with Crippen LogP contribution in [-0.4, -0.2) is 11.2 Å². The summed E-state index contributed by atoms with van der Waals surface area (Å²) >= 11 is 0. The Bertz CT molecular complexity index is 421. The zero-order chi connectivity index (χ0) is 14.0. The van der Waals surface area contributed by atoms with E-state index in [0.29, 0.717) is 23.1 Å². The third kappa shape index (κ3) is 3.69. The molecule has 1 aromatic carbocycles. The van der Waals surface area contributed by atoms with Gasteiger partial charge in [0.15, 0.2) is 11.6 Å². The molecular formula is C16H23FO2. The minimum atomic E-state index is -0.654. The fourth-order valence-electron chi connectivity index (χ4n) is 3.02. The molecule has 1 saturated carbocycles. The van der Waals surface area contributed by atoms with Crippen molar-refractivity contribution in [3.63, 3.8) is 0 Å². The number of hydrogen-bond donors (Lipinski definition) is 1. The molecule has 106 valence electrons. The van der Waals surface area contributed by atoms with E-state index >= 15 is 0 Å². The van der Waals surface area contributed by atoms with E-state index < -0.39 is 6.10 Å². The highest BCUT2D eigenvalue weighted by Gasteiger charge is 2.26. The van der Waals surface area contributed by atoms with Crippen molar-refractivity contribution in [2.45, 2.75) is 52.2 Å². The smallest absolute Gasteiger partial charge is 0.165 e. The SMILES string of the molecule is CC1CC(C)CC(Oc2ccc([C@H](C)O)cc2F)C1. The molecule has 2 unspecified atom stereocenters. The molecular weight excluding hydrogens is 243 g/mol. The minimum absolute atomic E-state index is 0.102. The molecule has 0 aliphatic heterocycles. The van der Waals surface area contributed by atoms with Gasteiger partial charge >= 0.3 is 0 Å². The molecule has 1 fully saturated rings. The van der Waals surface area contributed by atoms with E-state index in [0.717, 1.165) is 12.8 Å². The van der Waals surface area contributed by atoms with Crippen LogP contribution >= 0.6 is 0 Å². The van der Waals surface area contributed by atoms with Crippen molar-refractivity contribution in [2.75, 3.05) is 0 Å². The summed E-state index contributed by atoms with van der Waals surface area (Å²) in [5, 5.41) is 9.42. The Morgan fingerprint density at radius 1 is 1.21 bits per heavy atom. The highest BCUT2D eigenvalue weighted by molar-refractivity contribution is 5.30. The van der Waals surface area contributed by atoms with Gasteiger partial charge in [-0.1, -0.05) is 19.9 Å². The summed E-state index contributed by atoms with van der Waals surface area (Å²) in [4.78, 5) is 0. The summed E-state index contributed by atoms with van der Waals surface area (Å²) in [6.45, 7) is 6.07. The van der Waals surface area contributed by atoms with Crippen molar-refractivity contribution < 1.29 is 14.2 Å². The molecule has 0 saturated heterocycles. The molecule has 0 spiro atoms. The van der Waals surface area contributed by atoms with Gasteiger partial charge in [0.1, 0.15) is 0 Å². The molecule has 1 aliphatic carbocycles. The number of aliphatic hydroxyl groups excluding tert-OH is 1. The van der Waals surface area contributed by atoms with Crippen LogP contribution in [0.3, 0.4) is 0 Å². The molecule has 3 heteroatoms. The van der Waals surface area contributed by atoms with Gasteiger partial charge in [-0.3, -0.25) is 0 Å². The number of ether oxygens (including phenoxy) is 1. The second kappa shape index (κ2) is 5.91. The quantitative estimate of drug-likeness (QED) is 0.893. The van der Waals surface area contributed by atoms with Crippen molar-refractivity contribution in [1.82, 2.24) is 0 Å². The van der Waals surface area contributed by atoms with Crippen LogP contribution < -0.4 is 4.74 Å². The maximum atomic E-state index is 13.9. The maximum absolute atomic E-state index is 13.9. The van der Waals surface area contributed by atoms with Crippen LogP contribution in [0.1, 0.15) is 51.7 Å². The maximum Gasteiger partial charge on any atom is 0.165 e. The van der Waals surface area contributed by atoms with Crippen molar-refractivity contribution in [1.29, 1.82) is 0 Å². The molecule has 2 nitrogen and oxygen atoms in total. The van der Waals surface area contributed by atoms with Crippen LogP contribution in [0.5, 0.6) is 5.75 Å². The van der Waals surface area contributed by atoms with E-state index in [1.165, 1.54) is 12.5 Å². The Hall–Kier alpha value is -1.09. The standard InChI is InChI=1S/C16H23FO2/c1-10-6-11(2)8-14(7-10)19-16-5-4-13(12(3)18)9-15(16)17/h4-5,9-12,14,18H,6-8H2,1-3H3/t10?,11?,12-,14?/m0/s1. The van der Waals surface area contributed by atoms with Gasteiger partial charge in [0.05, 0.1) is 12.2 Å². The normalized spacial score (nSPS) is 29.0. The monoisotopic (exact) mass is 266 g/mol. The van der Waals surface area contributed by atoms with Crippen LogP contribution in [0, 0.1) is 17.7 Å².